The zero-order chi connectivity index (χ0) is 20.4. The minimum atomic E-state index is -4.10. The summed E-state index contributed by atoms with van der Waals surface area (Å²) in [6, 6.07) is 18.2. The third-order valence-electron chi connectivity index (χ3n) is 4.21. The van der Waals surface area contributed by atoms with Crippen LogP contribution in [0.5, 0.6) is 0 Å². The Bertz CT molecular complexity index is 1180. The highest BCUT2D eigenvalue weighted by atomic mass is 32.2. The summed E-state index contributed by atoms with van der Waals surface area (Å²) >= 11 is 0. The van der Waals surface area contributed by atoms with Gasteiger partial charge in [0.25, 0.3) is 0 Å². The molecular formula is C20H16N6O2S. The Kier molecular flexibility index (Phi) is 4.65. The summed E-state index contributed by atoms with van der Waals surface area (Å²) in [4.78, 5) is 16.1. The van der Waals surface area contributed by atoms with Gasteiger partial charge in [-0.3, -0.25) is 0 Å². The predicted molar refractivity (Wildman–Crippen MR) is 109 cm³/mol. The molecule has 9 heteroatoms. The van der Waals surface area contributed by atoms with Gasteiger partial charge in [0.05, 0.1) is 12.4 Å². The topological polar surface area (TPSA) is 138 Å². The summed E-state index contributed by atoms with van der Waals surface area (Å²) in [5, 5.41) is 0. The molecule has 2 aromatic carbocycles. The standard InChI is InChI=1S/C20H16N6O2S/c21-17-15(11-23-19(25-17)13-7-3-1-4-8-13)29(27,28)16-12-24-20(26-18(16)22)14-9-5-2-6-10-14/h1-12H,(H2,21,23,25)(H2,22,24,26). The van der Waals surface area contributed by atoms with Crippen LogP contribution in [0.25, 0.3) is 22.8 Å². The minimum absolute atomic E-state index is 0.176. The summed E-state index contributed by atoms with van der Waals surface area (Å²) in [7, 11) is -4.10. The Balaban J connectivity index is 1.74. The fourth-order valence-corrected chi connectivity index (χ4v) is 4.01. The zero-order valence-electron chi connectivity index (χ0n) is 15.1. The van der Waals surface area contributed by atoms with Crippen molar-refractivity contribution in [1.29, 1.82) is 0 Å². The molecule has 8 nitrogen and oxygen atoms in total. The molecule has 0 saturated carbocycles. The first kappa shape index (κ1) is 18.5. The fraction of sp³-hybridized carbons (Fsp3) is 0. The van der Waals surface area contributed by atoms with E-state index in [1.807, 2.05) is 36.4 Å². The number of anilines is 2. The maximum Gasteiger partial charge on any atom is 0.216 e. The second-order valence-corrected chi connectivity index (χ2v) is 8.01. The van der Waals surface area contributed by atoms with Crippen molar-refractivity contribution >= 4 is 21.5 Å². The van der Waals surface area contributed by atoms with Gasteiger partial charge in [0.2, 0.25) is 9.84 Å². The quantitative estimate of drug-likeness (QED) is 0.529. The number of nitrogens with zero attached hydrogens (tertiary/aromatic N) is 4. The van der Waals surface area contributed by atoms with Crippen LogP contribution < -0.4 is 11.5 Å². The maximum atomic E-state index is 13.1. The van der Waals surface area contributed by atoms with Crippen molar-refractivity contribution in [3.8, 4) is 22.8 Å². The normalized spacial score (nSPS) is 11.3. The number of sulfone groups is 1. The van der Waals surface area contributed by atoms with E-state index in [1.54, 1.807) is 24.3 Å². The van der Waals surface area contributed by atoms with Crippen LogP contribution in [0.2, 0.25) is 0 Å². The SMILES string of the molecule is Nc1nc(-c2ccccc2)ncc1S(=O)(=O)c1cnc(-c2ccccc2)nc1N. The van der Waals surface area contributed by atoms with E-state index in [0.717, 1.165) is 11.1 Å². The molecule has 0 amide bonds. The monoisotopic (exact) mass is 404 g/mol. The van der Waals surface area contributed by atoms with Gasteiger partial charge >= 0.3 is 0 Å². The minimum Gasteiger partial charge on any atom is -0.382 e. The van der Waals surface area contributed by atoms with Gasteiger partial charge in [-0.05, 0) is 0 Å². The first-order chi connectivity index (χ1) is 14.0. The van der Waals surface area contributed by atoms with Crippen LogP contribution in [-0.4, -0.2) is 28.4 Å². The third kappa shape index (κ3) is 3.50. The van der Waals surface area contributed by atoms with Crippen LogP contribution in [0.15, 0.2) is 82.8 Å². The summed E-state index contributed by atoms with van der Waals surface area (Å²) in [6.45, 7) is 0. The molecule has 0 atom stereocenters. The second-order valence-electron chi connectivity index (χ2n) is 6.12. The molecule has 0 saturated heterocycles. The molecule has 2 heterocycles. The van der Waals surface area contributed by atoms with Gasteiger partial charge < -0.3 is 11.5 Å². The van der Waals surface area contributed by atoms with Crippen molar-refractivity contribution in [3.05, 3.63) is 73.1 Å². The first-order valence-corrected chi connectivity index (χ1v) is 10.1. The van der Waals surface area contributed by atoms with E-state index < -0.39 is 9.84 Å². The van der Waals surface area contributed by atoms with Crippen molar-refractivity contribution in [2.75, 3.05) is 11.5 Å². The Morgan fingerprint density at radius 2 is 1.00 bits per heavy atom. The summed E-state index contributed by atoms with van der Waals surface area (Å²) in [6.07, 6.45) is 2.34. The third-order valence-corrected chi connectivity index (χ3v) is 6.00. The average Bonchev–Trinajstić information content (AvgIpc) is 2.74. The van der Waals surface area contributed by atoms with Gasteiger partial charge in [-0.15, -0.1) is 0 Å². The Labute approximate surface area is 167 Å². The number of aromatic nitrogens is 4. The maximum absolute atomic E-state index is 13.1. The van der Waals surface area contributed by atoms with E-state index in [1.165, 1.54) is 12.4 Å². The summed E-state index contributed by atoms with van der Waals surface area (Å²) in [5.41, 5.74) is 13.3. The number of rotatable bonds is 4. The van der Waals surface area contributed by atoms with Crippen LogP contribution in [0.1, 0.15) is 0 Å². The molecule has 0 aliphatic carbocycles. The molecule has 0 bridgehead atoms. The van der Waals surface area contributed by atoms with E-state index in [9.17, 15) is 8.42 Å². The van der Waals surface area contributed by atoms with Gasteiger partial charge in [0, 0.05) is 11.1 Å². The summed E-state index contributed by atoms with van der Waals surface area (Å²) < 4.78 is 26.1. The van der Waals surface area contributed by atoms with Crippen molar-refractivity contribution in [2.24, 2.45) is 0 Å². The Morgan fingerprint density at radius 1 is 0.621 bits per heavy atom. The number of hydrogen-bond donors (Lipinski definition) is 2. The Morgan fingerprint density at radius 3 is 1.34 bits per heavy atom. The molecular weight excluding hydrogens is 388 g/mol. The van der Waals surface area contributed by atoms with E-state index in [0.29, 0.717) is 11.6 Å². The molecule has 4 aromatic rings. The van der Waals surface area contributed by atoms with Crippen molar-refractivity contribution in [3.63, 3.8) is 0 Å². The lowest BCUT2D eigenvalue weighted by Crippen LogP contribution is -2.12. The van der Waals surface area contributed by atoms with E-state index in [4.69, 9.17) is 11.5 Å². The Hall–Kier alpha value is -3.85. The fourth-order valence-electron chi connectivity index (χ4n) is 2.75. The van der Waals surface area contributed by atoms with Gasteiger partial charge in [-0.25, -0.2) is 28.4 Å². The lowest BCUT2D eigenvalue weighted by Gasteiger charge is -2.10. The van der Waals surface area contributed by atoms with Gasteiger partial charge in [0.1, 0.15) is 21.4 Å². The zero-order valence-corrected chi connectivity index (χ0v) is 15.9. The number of nitrogens with two attached hydrogens (primary N) is 2. The van der Waals surface area contributed by atoms with Gasteiger partial charge in [-0.1, -0.05) is 60.7 Å². The van der Waals surface area contributed by atoms with Gasteiger partial charge in [0.15, 0.2) is 11.6 Å². The molecule has 144 valence electrons. The molecule has 4 rings (SSSR count). The van der Waals surface area contributed by atoms with Crippen LogP contribution in [-0.2, 0) is 9.84 Å². The number of nitrogen functional groups attached to an aromatic ring is 2. The van der Waals surface area contributed by atoms with Gasteiger partial charge in [-0.2, -0.15) is 0 Å². The molecule has 29 heavy (non-hydrogen) atoms. The molecule has 0 unspecified atom stereocenters. The average molecular weight is 404 g/mol. The van der Waals surface area contributed by atoms with E-state index in [-0.39, 0.29) is 21.4 Å². The predicted octanol–water partition coefficient (Wildman–Crippen LogP) is 2.60. The van der Waals surface area contributed by atoms with E-state index in [2.05, 4.69) is 19.9 Å². The highest BCUT2D eigenvalue weighted by molar-refractivity contribution is 7.91. The smallest absolute Gasteiger partial charge is 0.216 e. The molecule has 0 spiro atoms. The van der Waals surface area contributed by atoms with Crippen molar-refractivity contribution in [2.45, 2.75) is 9.79 Å². The van der Waals surface area contributed by atoms with Crippen LogP contribution in [0, 0.1) is 0 Å². The number of hydrogen-bond acceptors (Lipinski definition) is 8. The largest absolute Gasteiger partial charge is 0.382 e. The highest BCUT2D eigenvalue weighted by Crippen LogP contribution is 2.29. The number of benzene rings is 2. The molecule has 0 aliphatic heterocycles. The lowest BCUT2D eigenvalue weighted by molar-refractivity contribution is 0.595. The van der Waals surface area contributed by atoms with Crippen LogP contribution in [0.4, 0.5) is 11.6 Å². The molecule has 0 radical (unpaired) electrons. The molecule has 0 fully saturated rings. The summed E-state index contributed by atoms with van der Waals surface area (Å²) in [5.74, 6) is 0.298. The highest BCUT2D eigenvalue weighted by Gasteiger charge is 2.26. The molecule has 0 aliphatic rings. The van der Waals surface area contributed by atoms with E-state index >= 15 is 0 Å². The molecule has 2 aromatic heterocycles. The molecule has 4 N–H and O–H groups in total. The van der Waals surface area contributed by atoms with Crippen molar-refractivity contribution < 1.29 is 8.42 Å². The lowest BCUT2D eigenvalue weighted by atomic mass is 10.2. The van der Waals surface area contributed by atoms with Crippen LogP contribution in [0.3, 0.4) is 0 Å². The first-order valence-electron chi connectivity index (χ1n) is 8.58. The van der Waals surface area contributed by atoms with Crippen molar-refractivity contribution in [1.82, 2.24) is 19.9 Å². The van der Waals surface area contributed by atoms with Crippen LogP contribution >= 0.6 is 0 Å². The second kappa shape index (κ2) is 7.28.